The van der Waals surface area contributed by atoms with Crippen LogP contribution in [0.15, 0.2) is 17.0 Å². The molecule has 1 aromatic rings. The lowest BCUT2D eigenvalue weighted by Gasteiger charge is -2.24. The number of nitrogens with one attached hydrogen (secondary N) is 1. The zero-order valence-electron chi connectivity index (χ0n) is 14.5. The normalized spacial score (nSPS) is 17.1. The van der Waals surface area contributed by atoms with Crippen LogP contribution in [0.5, 0.6) is 0 Å². The van der Waals surface area contributed by atoms with Gasteiger partial charge in [0.25, 0.3) is 0 Å². The van der Waals surface area contributed by atoms with E-state index in [9.17, 15) is 13.2 Å². The lowest BCUT2D eigenvalue weighted by Crippen LogP contribution is -2.35. The van der Waals surface area contributed by atoms with Crippen LogP contribution in [0.25, 0.3) is 0 Å². The number of likely N-dealkylation sites (tertiary alicyclic amines) is 1. The Morgan fingerprint density at radius 2 is 1.71 bits per heavy atom. The lowest BCUT2D eigenvalue weighted by atomic mass is 10.1. The number of hydrogen-bond acceptors (Lipinski definition) is 4. The van der Waals surface area contributed by atoms with Crippen LogP contribution in [-0.2, 0) is 14.8 Å². The molecule has 1 aliphatic heterocycles. The van der Waals surface area contributed by atoms with Crippen molar-refractivity contribution in [2.24, 2.45) is 5.14 Å². The SMILES string of the molecule is Cc1cc(S(N)(=O)=O)cc(NC(=O)CN2CCCCCCC2)c1C. The molecule has 0 aliphatic carbocycles. The van der Waals surface area contributed by atoms with Crippen molar-refractivity contribution in [2.75, 3.05) is 25.0 Å². The summed E-state index contributed by atoms with van der Waals surface area (Å²) in [6.45, 7) is 5.86. The first-order valence-electron chi connectivity index (χ1n) is 8.43. The van der Waals surface area contributed by atoms with Gasteiger partial charge < -0.3 is 5.32 Å². The summed E-state index contributed by atoms with van der Waals surface area (Å²) >= 11 is 0. The summed E-state index contributed by atoms with van der Waals surface area (Å²) in [5.41, 5.74) is 2.14. The predicted octanol–water partition coefficient (Wildman–Crippen LogP) is 2.16. The average Bonchev–Trinajstić information content (AvgIpc) is 2.45. The molecule has 1 aromatic carbocycles. The Kier molecular flexibility index (Phi) is 6.37. The molecule has 0 unspecified atom stereocenters. The van der Waals surface area contributed by atoms with Gasteiger partial charge in [0, 0.05) is 5.69 Å². The van der Waals surface area contributed by atoms with Crippen LogP contribution in [0, 0.1) is 13.8 Å². The molecular formula is C17H27N3O3S. The van der Waals surface area contributed by atoms with E-state index in [0.29, 0.717) is 12.2 Å². The molecular weight excluding hydrogens is 326 g/mol. The highest BCUT2D eigenvalue weighted by molar-refractivity contribution is 7.89. The number of sulfonamides is 1. The van der Waals surface area contributed by atoms with Crippen molar-refractivity contribution in [1.29, 1.82) is 0 Å². The van der Waals surface area contributed by atoms with Gasteiger partial charge in [-0.25, -0.2) is 13.6 Å². The van der Waals surface area contributed by atoms with Gasteiger partial charge in [-0.3, -0.25) is 9.69 Å². The Labute approximate surface area is 144 Å². The zero-order valence-corrected chi connectivity index (χ0v) is 15.3. The average molecular weight is 353 g/mol. The molecule has 2 rings (SSSR count). The summed E-state index contributed by atoms with van der Waals surface area (Å²) in [6, 6.07) is 2.96. The first-order chi connectivity index (χ1) is 11.3. The molecule has 0 spiro atoms. The number of primary sulfonamides is 1. The maximum atomic E-state index is 12.4. The van der Waals surface area contributed by atoms with Crippen molar-refractivity contribution < 1.29 is 13.2 Å². The number of hydrogen-bond donors (Lipinski definition) is 2. The van der Waals surface area contributed by atoms with E-state index in [4.69, 9.17) is 5.14 Å². The fraction of sp³-hybridized carbons (Fsp3) is 0.588. The molecule has 24 heavy (non-hydrogen) atoms. The standard InChI is InChI=1S/C17H27N3O3S/c1-13-10-15(24(18,22)23)11-16(14(13)2)19-17(21)12-20-8-6-4-3-5-7-9-20/h10-11H,3-9,12H2,1-2H3,(H,19,21)(H2,18,22,23). The maximum Gasteiger partial charge on any atom is 0.238 e. The highest BCUT2D eigenvalue weighted by Gasteiger charge is 2.16. The van der Waals surface area contributed by atoms with Crippen LogP contribution in [0.4, 0.5) is 5.69 Å². The number of amides is 1. The van der Waals surface area contributed by atoms with Crippen LogP contribution in [0.2, 0.25) is 0 Å². The molecule has 0 bridgehead atoms. The third-order valence-corrected chi connectivity index (χ3v) is 5.45. The molecule has 3 N–H and O–H groups in total. The van der Waals surface area contributed by atoms with E-state index in [-0.39, 0.29) is 10.8 Å². The molecule has 1 heterocycles. The Hall–Kier alpha value is -1.44. The van der Waals surface area contributed by atoms with E-state index < -0.39 is 10.0 Å². The van der Waals surface area contributed by atoms with E-state index in [0.717, 1.165) is 37.1 Å². The first-order valence-corrected chi connectivity index (χ1v) is 9.98. The van der Waals surface area contributed by atoms with Crippen molar-refractivity contribution in [3.8, 4) is 0 Å². The van der Waals surface area contributed by atoms with E-state index >= 15 is 0 Å². The number of carbonyl (C=O) groups is 1. The van der Waals surface area contributed by atoms with Crippen molar-refractivity contribution in [3.63, 3.8) is 0 Å². The molecule has 1 aliphatic rings. The molecule has 0 saturated carbocycles. The van der Waals surface area contributed by atoms with Gasteiger partial charge in [-0.15, -0.1) is 0 Å². The fourth-order valence-corrected chi connectivity index (χ4v) is 3.61. The van der Waals surface area contributed by atoms with Crippen LogP contribution >= 0.6 is 0 Å². The fourth-order valence-electron chi connectivity index (χ4n) is 2.98. The number of anilines is 1. The summed E-state index contributed by atoms with van der Waals surface area (Å²) in [4.78, 5) is 14.6. The summed E-state index contributed by atoms with van der Waals surface area (Å²) in [5, 5.41) is 8.05. The zero-order chi connectivity index (χ0) is 17.7. The molecule has 7 heteroatoms. The third kappa shape index (κ3) is 5.29. The number of aryl methyl sites for hydroxylation is 1. The summed E-state index contributed by atoms with van der Waals surface area (Å²) in [6.07, 6.45) is 5.94. The third-order valence-electron chi connectivity index (χ3n) is 4.56. The highest BCUT2D eigenvalue weighted by Crippen LogP contribution is 2.23. The van der Waals surface area contributed by atoms with Crippen LogP contribution in [0.3, 0.4) is 0 Å². The van der Waals surface area contributed by atoms with Gasteiger partial charge in [0.15, 0.2) is 0 Å². The van der Waals surface area contributed by atoms with Gasteiger partial charge in [0.05, 0.1) is 11.4 Å². The predicted molar refractivity (Wildman–Crippen MR) is 95.4 cm³/mol. The highest BCUT2D eigenvalue weighted by atomic mass is 32.2. The van der Waals surface area contributed by atoms with Gasteiger partial charge >= 0.3 is 0 Å². The van der Waals surface area contributed by atoms with E-state index in [1.165, 1.54) is 31.4 Å². The van der Waals surface area contributed by atoms with Crippen molar-refractivity contribution in [2.45, 2.75) is 50.8 Å². The summed E-state index contributed by atoms with van der Waals surface area (Å²) in [5.74, 6) is -0.121. The molecule has 1 amide bonds. The molecule has 0 atom stereocenters. The monoisotopic (exact) mass is 353 g/mol. The van der Waals surface area contributed by atoms with E-state index in [2.05, 4.69) is 10.2 Å². The number of carbonyl (C=O) groups excluding carboxylic acids is 1. The summed E-state index contributed by atoms with van der Waals surface area (Å²) in [7, 11) is -3.80. The molecule has 6 nitrogen and oxygen atoms in total. The Morgan fingerprint density at radius 1 is 1.12 bits per heavy atom. The van der Waals surface area contributed by atoms with Crippen molar-refractivity contribution >= 4 is 21.6 Å². The quantitative estimate of drug-likeness (QED) is 0.867. The molecule has 0 radical (unpaired) electrons. The Balaban J connectivity index is 2.09. The molecule has 134 valence electrons. The van der Waals surface area contributed by atoms with Gasteiger partial charge in [-0.2, -0.15) is 0 Å². The van der Waals surface area contributed by atoms with Crippen LogP contribution < -0.4 is 10.5 Å². The largest absolute Gasteiger partial charge is 0.325 e. The Morgan fingerprint density at radius 3 is 2.29 bits per heavy atom. The Bertz CT molecular complexity index is 693. The summed E-state index contributed by atoms with van der Waals surface area (Å²) < 4.78 is 23.2. The maximum absolute atomic E-state index is 12.4. The number of nitrogens with two attached hydrogens (primary N) is 1. The van der Waals surface area contributed by atoms with Crippen LogP contribution in [0.1, 0.15) is 43.2 Å². The second-order valence-corrected chi connectivity index (χ2v) is 8.11. The topological polar surface area (TPSA) is 92.5 Å². The second kappa shape index (κ2) is 8.09. The smallest absolute Gasteiger partial charge is 0.238 e. The van der Waals surface area contributed by atoms with Gasteiger partial charge in [0.1, 0.15) is 0 Å². The minimum Gasteiger partial charge on any atom is -0.325 e. The van der Waals surface area contributed by atoms with Gasteiger partial charge in [0.2, 0.25) is 15.9 Å². The van der Waals surface area contributed by atoms with Crippen molar-refractivity contribution in [1.82, 2.24) is 4.90 Å². The lowest BCUT2D eigenvalue weighted by molar-refractivity contribution is -0.117. The molecule has 0 aromatic heterocycles. The minimum absolute atomic E-state index is 0.0205. The number of nitrogens with zero attached hydrogens (tertiary/aromatic N) is 1. The van der Waals surface area contributed by atoms with Gasteiger partial charge in [-0.1, -0.05) is 19.3 Å². The molecule has 1 saturated heterocycles. The number of rotatable bonds is 4. The van der Waals surface area contributed by atoms with E-state index in [1.807, 2.05) is 6.92 Å². The number of benzene rings is 1. The van der Waals surface area contributed by atoms with Crippen molar-refractivity contribution in [3.05, 3.63) is 23.3 Å². The van der Waals surface area contributed by atoms with E-state index in [1.54, 1.807) is 6.92 Å². The second-order valence-electron chi connectivity index (χ2n) is 6.55. The minimum atomic E-state index is -3.80. The van der Waals surface area contributed by atoms with Crippen LogP contribution in [-0.4, -0.2) is 38.9 Å². The molecule has 1 fully saturated rings. The van der Waals surface area contributed by atoms with Gasteiger partial charge in [-0.05, 0) is 63.0 Å². The first kappa shape index (κ1) is 18.9.